The van der Waals surface area contributed by atoms with Gasteiger partial charge in [-0.1, -0.05) is 31.5 Å². The highest BCUT2D eigenvalue weighted by Crippen LogP contribution is 2.24. The van der Waals surface area contributed by atoms with E-state index in [1.165, 1.54) is 5.01 Å². The number of likely N-dealkylation sites (tertiary alicyclic amines) is 1. The van der Waals surface area contributed by atoms with Gasteiger partial charge in [0.15, 0.2) is 0 Å². The van der Waals surface area contributed by atoms with Gasteiger partial charge in [0.25, 0.3) is 5.91 Å². The number of hydrazone groups is 1. The zero-order valence-corrected chi connectivity index (χ0v) is 14.7. The van der Waals surface area contributed by atoms with E-state index in [1.54, 1.807) is 0 Å². The number of hydrogen-bond acceptors (Lipinski definition) is 3. The van der Waals surface area contributed by atoms with Crippen molar-refractivity contribution in [1.82, 2.24) is 4.90 Å². The Balaban J connectivity index is 1.82. The smallest absolute Gasteiger partial charge is 0.270 e. The average molecular weight is 327 g/mol. The summed E-state index contributed by atoms with van der Waals surface area (Å²) in [4.78, 5) is 27.0. The van der Waals surface area contributed by atoms with Crippen LogP contribution in [0.4, 0.5) is 5.69 Å². The third-order valence-electron chi connectivity index (χ3n) is 4.71. The van der Waals surface area contributed by atoms with Crippen LogP contribution in [0.5, 0.6) is 0 Å². The number of carbonyl (C=O) groups is 2. The monoisotopic (exact) mass is 327 g/mol. The molecule has 0 bridgehead atoms. The van der Waals surface area contributed by atoms with Crippen LogP contribution < -0.4 is 5.01 Å². The molecule has 0 N–H and O–H groups in total. The lowest BCUT2D eigenvalue weighted by atomic mass is 9.91. The number of nitrogens with zero attached hydrogens (tertiary/aromatic N) is 3. The summed E-state index contributed by atoms with van der Waals surface area (Å²) >= 11 is 0. The maximum Gasteiger partial charge on any atom is 0.270 e. The number of hydrogen-bond donors (Lipinski definition) is 0. The molecule has 0 spiro atoms. The van der Waals surface area contributed by atoms with Crippen molar-refractivity contribution in [3.8, 4) is 0 Å². The topological polar surface area (TPSA) is 53.0 Å². The van der Waals surface area contributed by atoms with Crippen molar-refractivity contribution in [1.29, 1.82) is 0 Å². The highest BCUT2D eigenvalue weighted by atomic mass is 16.2. The predicted molar refractivity (Wildman–Crippen MR) is 94.9 cm³/mol. The molecule has 2 aliphatic rings. The van der Waals surface area contributed by atoms with Crippen molar-refractivity contribution in [3.63, 3.8) is 0 Å². The summed E-state index contributed by atoms with van der Waals surface area (Å²) in [6.45, 7) is 7.92. The highest BCUT2D eigenvalue weighted by Gasteiger charge is 2.31. The van der Waals surface area contributed by atoms with E-state index in [-0.39, 0.29) is 11.8 Å². The molecule has 1 aromatic rings. The molecule has 2 aliphatic heterocycles. The Hall–Kier alpha value is -2.17. The minimum Gasteiger partial charge on any atom is -0.337 e. The van der Waals surface area contributed by atoms with E-state index >= 15 is 0 Å². The van der Waals surface area contributed by atoms with Gasteiger partial charge in [-0.15, -0.1) is 0 Å². The van der Waals surface area contributed by atoms with Gasteiger partial charge in [-0.05, 0) is 37.3 Å². The van der Waals surface area contributed by atoms with Gasteiger partial charge < -0.3 is 4.90 Å². The van der Waals surface area contributed by atoms with Crippen LogP contribution in [0.3, 0.4) is 0 Å². The molecule has 0 unspecified atom stereocenters. The maximum atomic E-state index is 12.8. The van der Waals surface area contributed by atoms with E-state index in [1.807, 2.05) is 36.1 Å². The summed E-state index contributed by atoms with van der Waals surface area (Å²) in [5.74, 6) is 0.947. The Morgan fingerprint density at radius 3 is 2.33 bits per heavy atom. The minimum absolute atomic E-state index is 0.0157. The summed E-state index contributed by atoms with van der Waals surface area (Å²) in [5, 5.41) is 5.78. The first-order valence-corrected chi connectivity index (χ1v) is 8.70. The van der Waals surface area contributed by atoms with Crippen LogP contribution >= 0.6 is 0 Å². The Bertz CT molecular complexity index is 656. The van der Waals surface area contributed by atoms with Gasteiger partial charge >= 0.3 is 0 Å². The van der Waals surface area contributed by atoms with E-state index in [9.17, 15) is 9.59 Å². The zero-order valence-electron chi connectivity index (χ0n) is 14.7. The van der Waals surface area contributed by atoms with E-state index in [4.69, 9.17) is 0 Å². The SMILES string of the molecule is Cc1ccc(N2N=C(C(=O)N3C[C@H](C)C[C@@H](C)C3)CCC2=O)cc1. The molecule has 1 fully saturated rings. The van der Waals surface area contributed by atoms with Crippen molar-refractivity contribution in [3.05, 3.63) is 29.8 Å². The van der Waals surface area contributed by atoms with Gasteiger partial charge in [0.2, 0.25) is 5.91 Å². The minimum atomic E-state index is -0.0595. The molecule has 0 aliphatic carbocycles. The van der Waals surface area contributed by atoms with Crippen LogP contribution in [0.25, 0.3) is 0 Å². The van der Waals surface area contributed by atoms with Crippen molar-refractivity contribution in [2.75, 3.05) is 18.1 Å². The first-order chi connectivity index (χ1) is 11.4. The Morgan fingerprint density at radius 1 is 1.08 bits per heavy atom. The Kier molecular flexibility index (Phi) is 4.69. The molecule has 5 nitrogen and oxygen atoms in total. The van der Waals surface area contributed by atoms with Crippen LogP contribution in [-0.4, -0.2) is 35.5 Å². The molecule has 2 atom stereocenters. The van der Waals surface area contributed by atoms with Crippen molar-refractivity contribution < 1.29 is 9.59 Å². The van der Waals surface area contributed by atoms with Gasteiger partial charge in [0, 0.05) is 25.9 Å². The molecule has 1 saturated heterocycles. The molecule has 128 valence electrons. The number of benzene rings is 1. The molecule has 2 heterocycles. The molecule has 1 aromatic carbocycles. The second kappa shape index (κ2) is 6.75. The summed E-state index contributed by atoms with van der Waals surface area (Å²) in [5.41, 5.74) is 2.34. The zero-order chi connectivity index (χ0) is 17.3. The average Bonchev–Trinajstić information content (AvgIpc) is 2.55. The maximum absolute atomic E-state index is 12.8. The largest absolute Gasteiger partial charge is 0.337 e. The number of piperidine rings is 1. The van der Waals surface area contributed by atoms with E-state index < -0.39 is 0 Å². The lowest BCUT2D eigenvalue weighted by Gasteiger charge is -2.36. The molecule has 0 radical (unpaired) electrons. The van der Waals surface area contributed by atoms with Crippen LogP contribution in [-0.2, 0) is 9.59 Å². The lowest BCUT2D eigenvalue weighted by molar-refractivity contribution is -0.126. The summed E-state index contributed by atoms with van der Waals surface area (Å²) in [7, 11) is 0. The quantitative estimate of drug-likeness (QED) is 0.838. The van der Waals surface area contributed by atoms with E-state index in [0.717, 1.165) is 30.8 Å². The van der Waals surface area contributed by atoms with Crippen molar-refractivity contribution in [2.24, 2.45) is 16.9 Å². The fraction of sp³-hybridized carbons (Fsp3) is 0.526. The molecule has 0 saturated carbocycles. The van der Waals surface area contributed by atoms with Crippen LogP contribution in [0, 0.1) is 18.8 Å². The number of aryl methyl sites for hydroxylation is 1. The first-order valence-electron chi connectivity index (χ1n) is 8.70. The first kappa shape index (κ1) is 16.7. The van der Waals surface area contributed by atoms with Crippen molar-refractivity contribution >= 4 is 23.2 Å². The van der Waals surface area contributed by atoms with Gasteiger partial charge in [0.1, 0.15) is 5.71 Å². The van der Waals surface area contributed by atoms with Crippen molar-refractivity contribution in [2.45, 2.75) is 40.0 Å². The second-order valence-corrected chi connectivity index (χ2v) is 7.24. The fourth-order valence-corrected chi connectivity index (χ4v) is 3.61. The predicted octanol–water partition coefficient (Wildman–Crippen LogP) is 2.98. The number of anilines is 1. The third-order valence-corrected chi connectivity index (χ3v) is 4.71. The normalized spacial score (nSPS) is 24.8. The summed E-state index contributed by atoms with van der Waals surface area (Å²) in [6.07, 6.45) is 1.92. The van der Waals surface area contributed by atoms with Gasteiger partial charge in [-0.2, -0.15) is 5.10 Å². The molecule has 24 heavy (non-hydrogen) atoms. The standard InChI is InChI=1S/C19H25N3O2/c1-13-4-6-16(7-5-13)22-18(23)9-8-17(20-22)19(24)21-11-14(2)10-15(3)12-21/h4-7,14-15H,8-12H2,1-3H3/t14-,15-/m1/s1. The second-order valence-electron chi connectivity index (χ2n) is 7.24. The number of carbonyl (C=O) groups excluding carboxylic acids is 2. The van der Waals surface area contributed by atoms with Crippen LogP contribution in [0.15, 0.2) is 29.4 Å². The molecule has 0 aromatic heterocycles. The summed E-state index contributed by atoms with van der Waals surface area (Å²) < 4.78 is 0. The molecular formula is C19H25N3O2. The van der Waals surface area contributed by atoms with Crippen LogP contribution in [0.1, 0.15) is 38.7 Å². The van der Waals surface area contributed by atoms with E-state index in [0.29, 0.717) is 30.4 Å². The molecule has 2 amide bonds. The highest BCUT2D eigenvalue weighted by molar-refractivity contribution is 6.40. The molecule has 3 rings (SSSR count). The van der Waals surface area contributed by atoms with Crippen LogP contribution in [0.2, 0.25) is 0 Å². The Labute approximate surface area is 143 Å². The van der Waals surface area contributed by atoms with E-state index in [2.05, 4.69) is 18.9 Å². The third kappa shape index (κ3) is 3.50. The summed E-state index contributed by atoms with van der Waals surface area (Å²) in [6, 6.07) is 7.63. The lowest BCUT2D eigenvalue weighted by Crippen LogP contribution is -2.47. The fourth-order valence-electron chi connectivity index (χ4n) is 3.61. The molecular weight excluding hydrogens is 302 g/mol. The van der Waals surface area contributed by atoms with Gasteiger partial charge in [-0.3, -0.25) is 9.59 Å². The molecule has 5 heteroatoms. The van der Waals surface area contributed by atoms with Gasteiger partial charge in [-0.25, -0.2) is 5.01 Å². The Morgan fingerprint density at radius 2 is 1.71 bits per heavy atom. The number of rotatable bonds is 2. The number of amides is 2. The van der Waals surface area contributed by atoms with Gasteiger partial charge in [0.05, 0.1) is 5.69 Å².